The van der Waals surface area contributed by atoms with Gasteiger partial charge in [-0.05, 0) is 34.9 Å². The first-order chi connectivity index (χ1) is 16.4. The molecule has 1 aliphatic rings. The molecule has 35 heavy (non-hydrogen) atoms. The first kappa shape index (κ1) is 26.7. The number of nitrogens with zero attached hydrogens (tertiary/aromatic N) is 1. The first-order valence-corrected chi connectivity index (χ1v) is 11.1. The Morgan fingerprint density at radius 3 is 1.91 bits per heavy atom. The highest BCUT2D eigenvalue weighted by Gasteiger charge is 2.39. The van der Waals surface area contributed by atoms with Gasteiger partial charge in [-0.15, -0.1) is 0 Å². The van der Waals surface area contributed by atoms with Crippen LogP contribution in [-0.2, 0) is 16.1 Å². The van der Waals surface area contributed by atoms with E-state index in [9.17, 15) is 27.2 Å². The van der Waals surface area contributed by atoms with E-state index in [1.807, 2.05) is 0 Å². The molecule has 1 atom stereocenters. The van der Waals surface area contributed by atoms with E-state index in [1.54, 1.807) is 0 Å². The molecule has 0 saturated carbocycles. The van der Waals surface area contributed by atoms with Crippen molar-refractivity contribution in [3.05, 3.63) is 110 Å². The van der Waals surface area contributed by atoms with E-state index >= 15 is 0 Å². The molecule has 0 N–H and O–H groups in total. The minimum atomic E-state index is -4.71. The summed E-state index contributed by atoms with van der Waals surface area (Å²) in [5.41, 5.74) is 0.647. The monoisotopic (exact) mass is 543 g/mol. The third-order valence-electron chi connectivity index (χ3n) is 5.25. The van der Waals surface area contributed by atoms with Crippen molar-refractivity contribution in [2.45, 2.75) is 18.6 Å². The molecular weight excluding hydrogens is 529 g/mol. The smallest absolute Gasteiger partial charge is 0.270 e. The summed E-state index contributed by atoms with van der Waals surface area (Å²) in [5.74, 6) is -4.22. The molecule has 182 valence electrons. The summed E-state index contributed by atoms with van der Waals surface area (Å²) in [5, 5.41) is -0.916. The highest BCUT2D eigenvalue weighted by molar-refractivity contribution is 6.35. The Morgan fingerprint density at radius 2 is 1.46 bits per heavy atom. The van der Waals surface area contributed by atoms with Gasteiger partial charge in [0.15, 0.2) is 5.82 Å². The van der Waals surface area contributed by atoms with Crippen molar-refractivity contribution in [2.75, 3.05) is 0 Å². The lowest BCUT2D eigenvalue weighted by Gasteiger charge is -2.18. The first-order valence-electron chi connectivity index (χ1n) is 9.92. The average Bonchev–Trinajstić information content (AvgIpc) is 3.01. The highest BCUT2D eigenvalue weighted by atomic mass is 35.5. The molecule has 0 saturated heterocycles. The van der Waals surface area contributed by atoms with Crippen molar-refractivity contribution in [1.82, 2.24) is 4.90 Å². The molecule has 0 spiro atoms. The SMILES string of the molecule is C=CC1=C(C=C)C(=O)N(Cc2ccc(/C=C/C(c3cc(Cl)c(F)c(Cl)c3)C(F)(F)F)cc2Cl)C1=O. The fourth-order valence-corrected chi connectivity index (χ4v) is 4.24. The van der Waals surface area contributed by atoms with Crippen molar-refractivity contribution >= 4 is 52.7 Å². The van der Waals surface area contributed by atoms with E-state index in [0.29, 0.717) is 11.1 Å². The summed E-state index contributed by atoms with van der Waals surface area (Å²) >= 11 is 17.6. The Bertz CT molecular complexity index is 1250. The van der Waals surface area contributed by atoms with E-state index in [4.69, 9.17) is 34.8 Å². The zero-order chi connectivity index (χ0) is 26.1. The van der Waals surface area contributed by atoms with Crippen LogP contribution in [0.15, 0.2) is 72.9 Å². The minimum absolute atomic E-state index is 0.125. The van der Waals surface area contributed by atoms with Crippen molar-refractivity contribution < 1.29 is 27.2 Å². The van der Waals surface area contributed by atoms with Crippen LogP contribution in [0.5, 0.6) is 0 Å². The summed E-state index contributed by atoms with van der Waals surface area (Å²) in [6, 6.07) is 6.11. The predicted octanol–water partition coefficient (Wildman–Crippen LogP) is 7.68. The minimum Gasteiger partial charge on any atom is -0.270 e. The maximum Gasteiger partial charge on any atom is 0.399 e. The Morgan fingerprint density at radius 1 is 0.914 bits per heavy atom. The molecule has 1 unspecified atom stereocenters. The Balaban J connectivity index is 1.86. The summed E-state index contributed by atoms with van der Waals surface area (Å²) in [7, 11) is 0. The number of allylic oxidation sites excluding steroid dienone is 1. The van der Waals surface area contributed by atoms with Gasteiger partial charge in [-0.1, -0.05) is 84.4 Å². The molecule has 2 aromatic carbocycles. The van der Waals surface area contributed by atoms with E-state index in [1.165, 1.54) is 36.4 Å². The van der Waals surface area contributed by atoms with Gasteiger partial charge in [-0.3, -0.25) is 14.5 Å². The Labute approximate surface area is 213 Å². The average molecular weight is 545 g/mol. The maximum atomic E-state index is 13.7. The molecule has 2 amide bonds. The van der Waals surface area contributed by atoms with Gasteiger partial charge < -0.3 is 0 Å². The van der Waals surface area contributed by atoms with Crippen molar-refractivity contribution in [1.29, 1.82) is 0 Å². The van der Waals surface area contributed by atoms with Crippen LogP contribution in [0.4, 0.5) is 17.6 Å². The second-order valence-electron chi connectivity index (χ2n) is 7.46. The lowest BCUT2D eigenvalue weighted by atomic mass is 9.96. The molecular formula is C25H16Cl3F4NO2. The molecule has 10 heteroatoms. The van der Waals surface area contributed by atoms with Crippen LogP contribution in [0, 0.1) is 5.82 Å². The van der Waals surface area contributed by atoms with Crippen molar-refractivity contribution in [3.63, 3.8) is 0 Å². The topological polar surface area (TPSA) is 37.4 Å². The van der Waals surface area contributed by atoms with Crippen LogP contribution in [0.1, 0.15) is 22.6 Å². The summed E-state index contributed by atoms with van der Waals surface area (Å²) in [6.07, 6.45) is -0.107. The van der Waals surface area contributed by atoms with Crippen LogP contribution < -0.4 is 0 Å². The third-order valence-corrected chi connectivity index (χ3v) is 6.16. The number of hydrogen-bond acceptors (Lipinski definition) is 2. The number of carbonyl (C=O) groups is 2. The fraction of sp³-hybridized carbons (Fsp3) is 0.120. The van der Waals surface area contributed by atoms with Gasteiger partial charge in [0, 0.05) is 5.02 Å². The number of amides is 2. The van der Waals surface area contributed by atoms with Crippen molar-refractivity contribution in [3.8, 4) is 0 Å². The van der Waals surface area contributed by atoms with E-state index in [2.05, 4.69) is 13.2 Å². The van der Waals surface area contributed by atoms with E-state index in [-0.39, 0.29) is 28.3 Å². The van der Waals surface area contributed by atoms with Gasteiger partial charge in [0.1, 0.15) is 0 Å². The number of alkyl halides is 3. The number of hydrogen-bond donors (Lipinski definition) is 0. The molecule has 2 aromatic rings. The van der Waals surface area contributed by atoms with Gasteiger partial charge in [-0.2, -0.15) is 13.2 Å². The Hall–Kier alpha value is -2.87. The van der Waals surface area contributed by atoms with Crippen LogP contribution in [0.2, 0.25) is 15.1 Å². The molecule has 1 heterocycles. The second kappa shape index (κ2) is 10.4. The Kier molecular flexibility index (Phi) is 7.94. The largest absolute Gasteiger partial charge is 0.399 e. The van der Waals surface area contributed by atoms with Crippen LogP contribution >= 0.6 is 34.8 Å². The molecule has 0 fully saturated rings. The third kappa shape index (κ3) is 5.53. The number of halogens is 7. The summed E-state index contributed by atoms with van der Waals surface area (Å²) < 4.78 is 54.7. The number of benzene rings is 2. The second-order valence-corrected chi connectivity index (χ2v) is 8.68. The van der Waals surface area contributed by atoms with Crippen LogP contribution in [0.25, 0.3) is 6.08 Å². The van der Waals surface area contributed by atoms with Gasteiger partial charge >= 0.3 is 6.18 Å². The van der Waals surface area contributed by atoms with E-state index < -0.39 is 39.8 Å². The lowest BCUT2D eigenvalue weighted by molar-refractivity contribution is -0.140. The van der Waals surface area contributed by atoms with Gasteiger partial charge in [0.2, 0.25) is 0 Å². The van der Waals surface area contributed by atoms with Gasteiger partial charge in [0.05, 0.1) is 33.7 Å². The summed E-state index contributed by atoms with van der Waals surface area (Å²) in [6.45, 7) is 6.92. The van der Waals surface area contributed by atoms with Gasteiger partial charge in [0.25, 0.3) is 11.8 Å². The predicted molar refractivity (Wildman–Crippen MR) is 129 cm³/mol. The molecule has 0 aromatic heterocycles. The van der Waals surface area contributed by atoms with Crippen LogP contribution in [-0.4, -0.2) is 22.9 Å². The van der Waals surface area contributed by atoms with Gasteiger partial charge in [-0.25, -0.2) is 4.39 Å². The quantitative estimate of drug-likeness (QED) is 0.204. The number of rotatable bonds is 7. The van der Waals surface area contributed by atoms with Crippen molar-refractivity contribution in [2.24, 2.45) is 0 Å². The summed E-state index contributed by atoms with van der Waals surface area (Å²) in [4.78, 5) is 26.0. The molecule has 0 bridgehead atoms. The fourth-order valence-electron chi connectivity index (χ4n) is 3.49. The molecule has 0 aliphatic carbocycles. The zero-order valence-corrected chi connectivity index (χ0v) is 20.1. The highest BCUT2D eigenvalue weighted by Crippen LogP contribution is 2.39. The molecule has 3 rings (SSSR count). The number of imide groups is 1. The zero-order valence-electron chi connectivity index (χ0n) is 17.8. The number of carbonyl (C=O) groups excluding carboxylic acids is 2. The van der Waals surface area contributed by atoms with Crippen LogP contribution in [0.3, 0.4) is 0 Å². The maximum absolute atomic E-state index is 13.7. The molecule has 1 aliphatic heterocycles. The molecule has 3 nitrogen and oxygen atoms in total. The van der Waals surface area contributed by atoms with E-state index in [0.717, 1.165) is 23.1 Å². The molecule has 0 radical (unpaired) electrons. The lowest BCUT2D eigenvalue weighted by Crippen LogP contribution is -2.31. The standard InChI is InChI=1S/C25H16Cl3F4NO2/c1-3-16-17(4-2)24(35)33(23(16)34)12-14-7-5-13(9-19(14)26)6-8-18(25(30,31)32)15-10-20(27)22(29)21(28)11-15/h3-11,18H,1-2,12H2/b8-6+. The normalized spacial score (nSPS) is 15.3.